The highest BCUT2D eigenvalue weighted by Crippen LogP contribution is 2.47. The highest BCUT2D eigenvalue weighted by Gasteiger charge is 2.50. The van der Waals surface area contributed by atoms with E-state index in [4.69, 9.17) is 32.7 Å². The molecule has 2 aromatic carbocycles. The SMILES string of the molecule is CCc1c(-c2nnc(C3(C#N)CC3)o2)nn(-c2ccc(Cl)cc2Cl)c1-c1ccc(Br)cc1. The van der Waals surface area contributed by atoms with Gasteiger partial charge in [0.05, 0.1) is 22.5 Å². The molecule has 32 heavy (non-hydrogen) atoms. The predicted octanol–water partition coefficient (Wildman–Crippen LogP) is 6.78. The Morgan fingerprint density at radius 1 is 1.16 bits per heavy atom. The summed E-state index contributed by atoms with van der Waals surface area (Å²) >= 11 is 16.2. The van der Waals surface area contributed by atoms with E-state index in [-0.39, 0.29) is 0 Å². The summed E-state index contributed by atoms with van der Waals surface area (Å²) in [6, 6.07) is 15.6. The van der Waals surface area contributed by atoms with Gasteiger partial charge in [-0.2, -0.15) is 10.4 Å². The molecule has 2 aromatic heterocycles. The van der Waals surface area contributed by atoms with E-state index >= 15 is 0 Å². The first-order valence-corrected chi connectivity index (χ1v) is 11.6. The van der Waals surface area contributed by atoms with Crippen molar-refractivity contribution in [3.05, 3.63) is 68.4 Å². The van der Waals surface area contributed by atoms with Crippen LogP contribution in [0, 0.1) is 11.3 Å². The van der Waals surface area contributed by atoms with Crippen LogP contribution in [-0.2, 0) is 11.8 Å². The Hall–Kier alpha value is -2.66. The van der Waals surface area contributed by atoms with Gasteiger partial charge in [0.2, 0.25) is 5.89 Å². The summed E-state index contributed by atoms with van der Waals surface area (Å²) in [7, 11) is 0. The molecule has 0 saturated heterocycles. The molecule has 2 heterocycles. The van der Waals surface area contributed by atoms with Crippen molar-refractivity contribution in [3.63, 3.8) is 0 Å². The van der Waals surface area contributed by atoms with Crippen LogP contribution >= 0.6 is 39.1 Å². The molecule has 1 fully saturated rings. The van der Waals surface area contributed by atoms with Gasteiger partial charge in [-0.15, -0.1) is 10.2 Å². The number of nitriles is 1. The van der Waals surface area contributed by atoms with E-state index in [2.05, 4.69) is 32.2 Å². The molecule has 1 aliphatic carbocycles. The average Bonchev–Trinajstić information content (AvgIpc) is 3.26. The van der Waals surface area contributed by atoms with E-state index in [9.17, 15) is 5.26 Å². The van der Waals surface area contributed by atoms with Crippen molar-refractivity contribution in [1.82, 2.24) is 20.0 Å². The van der Waals surface area contributed by atoms with Crippen LogP contribution in [0.3, 0.4) is 0 Å². The molecular weight excluding hydrogens is 513 g/mol. The molecule has 1 saturated carbocycles. The molecule has 0 unspecified atom stereocenters. The van der Waals surface area contributed by atoms with E-state index in [0.29, 0.717) is 39.6 Å². The smallest absolute Gasteiger partial charge is 0.268 e. The highest BCUT2D eigenvalue weighted by atomic mass is 79.9. The topological polar surface area (TPSA) is 80.5 Å². The van der Waals surface area contributed by atoms with Crippen LogP contribution in [0.25, 0.3) is 28.5 Å². The lowest BCUT2D eigenvalue weighted by Gasteiger charge is -2.11. The third kappa shape index (κ3) is 3.53. The molecule has 0 N–H and O–H groups in total. The van der Waals surface area contributed by atoms with Gasteiger partial charge >= 0.3 is 0 Å². The largest absolute Gasteiger partial charge is 0.417 e. The van der Waals surface area contributed by atoms with E-state index < -0.39 is 5.41 Å². The third-order valence-corrected chi connectivity index (χ3v) is 6.66. The van der Waals surface area contributed by atoms with Crippen molar-refractivity contribution in [3.8, 4) is 34.6 Å². The first kappa shape index (κ1) is 21.2. The average molecular weight is 529 g/mol. The minimum absolute atomic E-state index is 0.292. The molecule has 0 amide bonds. The summed E-state index contributed by atoms with van der Waals surface area (Å²) < 4.78 is 8.72. The fraction of sp³-hybridized carbons (Fsp3) is 0.217. The molecule has 1 aliphatic rings. The van der Waals surface area contributed by atoms with Crippen LogP contribution in [0.4, 0.5) is 0 Å². The van der Waals surface area contributed by atoms with Gasteiger partial charge in [0, 0.05) is 20.6 Å². The normalized spacial score (nSPS) is 14.3. The second kappa shape index (κ2) is 8.04. The van der Waals surface area contributed by atoms with Gasteiger partial charge in [-0.1, -0.05) is 58.2 Å². The lowest BCUT2D eigenvalue weighted by molar-refractivity contribution is 0.479. The maximum atomic E-state index is 9.48. The molecule has 0 radical (unpaired) electrons. The molecule has 5 rings (SSSR count). The summed E-state index contributed by atoms with van der Waals surface area (Å²) in [6.45, 7) is 2.05. The Balaban J connectivity index is 1.74. The maximum absolute atomic E-state index is 9.48. The van der Waals surface area contributed by atoms with Crippen LogP contribution in [0.1, 0.15) is 31.2 Å². The Morgan fingerprint density at radius 2 is 1.91 bits per heavy atom. The summed E-state index contributed by atoms with van der Waals surface area (Å²) in [5, 5.41) is 23.7. The molecule has 0 spiro atoms. The van der Waals surface area contributed by atoms with E-state index in [1.54, 1.807) is 16.8 Å². The van der Waals surface area contributed by atoms with E-state index in [0.717, 1.165) is 34.1 Å². The van der Waals surface area contributed by atoms with Gasteiger partial charge in [-0.3, -0.25) is 0 Å². The van der Waals surface area contributed by atoms with Gasteiger partial charge in [-0.05, 0) is 49.6 Å². The van der Waals surface area contributed by atoms with Crippen molar-refractivity contribution in [2.75, 3.05) is 0 Å². The Bertz CT molecular complexity index is 1370. The summed E-state index contributed by atoms with van der Waals surface area (Å²) in [6.07, 6.45) is 2.13. The van der Waals surface area contributed by atoms with Crippen LogP contribution in [0.2, 0.25) is 10.0 Å². The summed E-state index contributed by atoms with van der Waals surface area (Å²) in [5.74, 6) is 0.641. The lowest BCUT2D eigenvalue weighted by Crippen LogP contribution is -2.02. The zero-order chi connectivity index (χ0) is 22.5. The highest BCUT2D eigenvalue weighted by molar-refractivity contribution is 9.10. The van der Waals surface area contributed by atoms with E-state index in [1.807, 2.05) is 37.3 Å². The molecule has 9 heteroatoms. The quantitative estimate of drug-likeness (QED) is 0.285. The zero-order valence-corrected chi connectivity index (χ0v) is 20.0. The minimum Gasteiger partial charge on any atom is -0.417 e. The number of nitrogens with zero attached hydrogens (tertiary/aromatic N) is 5. The van der Waals surface area contributed by atoms with Gasteiger partial charge in [-0.25, -0.2) is 4.68 Å². The van der Waals surface area contributed by atoms with Crippen molar-refractivity contribution >= 4 is 39.1 Å². The first-order valence-electron chi connectivity index (χ1n) is 10.0. The van der Waals surface area contributed by atoms with Crippen LogP contribution in [0.15, 0.2) is 51.4 Å². The predicted molar refractivity (Wildman–Crippen MR) is 126 cm³/mol. The third-order valence-electron chi connectivity index (χ3n) is 5.59. The van der Waals surface area contributed by atoms with Gasteiger partial charge in [0.1, 0.15) is 5.41 Å². The van der Waals surface area contributed by atoms with Crippen molar-refractivity contribution < 1.29 is 4.42 Å². The number of rotatable bonds is 5. The van der Waals surface area contributed by atoms with Crippen molar-refractivity contribution in [2.45, 2.75) is 31.6 Å². The summed E-state index contributed by atoms with van der Waals surface area (Å²) in [4.78, 5) is 0. The molecular formula is C23H16BrCl2N5O. The van der Waals surface area contributed by atoms with Gasteiger partial charge in [0.15, 0.2) is 5.69 Å². The fourth-order valence-corrected chi connectivity index (χ4v) is 4.45. The molecule has 0 atom stereocenters. The minimum atomic E-state index is -0.659. The standard InChI is InChI=1S/C23H16BrCl2N5O/c1-2-16-19(21-28-29-22(32-21)23(12-27)9-10-23)30-31(18-8-7-15(25)11-17(18)26)20(16)13-3-5-14(24)6-4-13/h3-8,11H,2,9-10H2,1H3. The second-order valence-electron chi connectivity index (χ2n) is 7.65. The first-order chi connectivity index (χ1) is 15.5. The molecule has 4 aromatic rings. The molecule has 6 nitrogen and oxygen atoms in total. The molecule has 160 valence electrons. The van der Waals surface area contributed by atoms with Gasteiger partial charge < -0.3 is 4.42 Å². The zero-order valence-electron chi connectivity index (χ0n) is 16.9. The Labute approximate surface area is 202 Å². The van der Waals surface area contributed by atoms with Gasteiger partial charge in [0.25, 0.3) is 5.89 Å². The molecule has 0 aliphatic heterocycles. The van der Waals surface area contributed by atoms with E-state index in [1.165, 1.54) is 0 Å². The number of hydrogen-bond donors (Lipinski definition) is 0. The van der Waals surface area contributed by atoms with Crippen LogP contribution < -0.4 is 0 Å². The number of aromatic nitrogens is 4. The Kier molecular flexibility index (Phi) is 5.32. The maximum Gasteiger partial charge on any atom is 0.268 e. The second-order valence-corrected chi connectivity index (χ2v) is 9.41. The number of hydrogen-bond acceptors (Lipinski definition) is 5. The monoisotopic (exact) mass is 527 g/mol. The number of benzene rings is 2. The van der Waals surface area contributed by atoms with Crippen molar-refractivity contribution in [1.29, 1.82) is 5.26 Å². The number of halogens is 3. The lowest BCUT2D eigenvalue weighted by atomic mass is 10.0. The summed E-state index contributed by atoms with van der Waals surface area (Å²) in [5.41, 5.74) is 3.38. The van der Waals surface area contributed by atoms with Crippen LogP contribution in [-0.4, -0.2) is 20.0 Å². The molecule has 0 bridgehead atoms. The fourth-order valence-electron chi connectivity index (χ4n) is 3.70. The van der Waals surface area contributed by atoms with Crippen molar-refractivity contribution in [2.24, 2.45) is 0 Å². The van der Waals surface area contributed by atoms with Crippen LogP contribution in [0.5, 0.6) is 0 Å². The Morgan fingerprint density at radius 3 is 2.53 bits per heavy atom.